The van der Waals surface area contributed by atoms with Crippen molar-refractivity contribution in [1.29, 1.82) is 0 Å². The third-order valence-corrected chi connectivity index (χ3v) is 5.77. The Morgan fingerprint density at radius 2 is 1.96 bits per heavy atom. The van der Waals surface area contributed by atoms with Crippen LogP contribution in [0.2, 0.25) is 0 Å². The minimum absolute atomic E-state index is 0.319. The number of benzene rings is 1. The molecule has 0 aliphatic carbocycles. The van der Waals surface area contributed by atoms with Gasteiger partial charge in [0.1, 0.15) is 0 Å². The van der Waals surface area contributed by atoms with Gasteiger partial charge in [-0.2, -0.15) is 0 Å². The zero-order valence-electron chi connectivity index (χ0n) is 14.4. The maximum atomic E-state index is 11.5. The number of ether oxygens (including phenoxy) is 1. The summed E-state index contributed by atoms with van der Waals surface area (Å²) < 4.78 is 6.86. The van der Waals surface area contributed by atoms with Gasteiger partial charge in [-0.1, -0.05) is 23.9 Å². The van der Waals surface area contributed by atoms with E-state index in [9.17, 15) is 4.79 Å². The lowest BCUT2D eigenvalue weighted by Gasteiger charge is -2.06. The lowest BCUT2D eigenvalue weighted by Crippen LogP contribution is -2.01. The van der Waals surface area contributed by atoms with Crippen LogP contribution in [0, 0.1) is 6.92 Å². The molecule has 0 bridgehead atoms. The number of aromatic nitrogens is 3. The van der Waals surface area contributed by atoms with Gasteiger partial charge < -0.3 is 9.30 Å². The Labute approximate surface area is 155 Å². The molecule has 130 valence electrons. The molecule has 0 radical (unpaired) electrons. The minimum atomic E-state index is -0.319. The van der Waals surface area contributed by atoms with E-state index >= 15 is 0 Å². The first-order valence-electron chi connectivity index (χ1n) is 7.92. The Bertz CT molecular complexity index is 869. The molecule has 2 heterocycles. The number of carbonyl (C=O) groups excluding carboxylic acids is 1. The molecule has 5 nitrogen and oxygen atoms in total. The summed E-state index contributed by atoms with van der Waals surface area (Å²) in [4.78, 5) is 13.9. The van der Waals surface area contributed by atoms with Gasteiger partial charge in [-0.05, 0) is 43.7 Å². The molecular weight excluding hydrogens is 354 g/mol. The predicted octanol–water partition coefficient (Wildman–Crippen LogP) is 4.41. The number of rotatable bonds is 6. The number of carbonyl (C=O) groups is 1. The van der Waals surface area contributed by atoms with Crippen LogP contribution in [0.1, 0.15) is 27.7 Å². The highest BCUT2D eigenvalue weighted by atomic mass is 32.2. The first-order chi connectivity index (χ1) is 12.1. The molecule has 25 heavy (non-hydrogen) atoms. The molecule has 3 aromatic rings. The number of hydrogen-bond donors (Lipinski definition) is 0. The Morgan fingerprint density at radius 1 is 1.20 bits per heavy atom. The molecule has 2 aromatic heterocycles. The molecule has 0 atom stereocenters. The van der Waals surface area contributed by atoms with Gasteiger partial charge in [0.25, 0.3) is 0 Å². The molecule has 0 fully saturated rings. The van der Waals surface area contributed by atoms with Gasteiger partial charge in [-0.25, -0.2) is 4.79 Å². The molecule has 0 spiro atoms. The number of nitrogens with zero attached hydrogens (tertiary/aromatic N) is 3. The van der Waals surface area contributed by atoms with Crippen molar-refractivity contribution in [2.24, 2.45) is 0 Å². The number of aryl methyl sites for hydroxylation is 1. The maximum absolute atomic E-state index is 11.5. The van der Waals surface area contributed by atoms with E-state index in [4.69, 9.17) is 4.74 Å². The van der Waals surface area contributed by atoms with Crippen molar-refractivity contribution in [3.63, 3.8) is 0 Å². The summed E-state index contributed by atoms with van der Waals surface area (Å²) in [6.07, 6.45) is 0. The average Bonchev–Trinajstić information content (AvgIpc) is 3.25. The number of thioether (sulfide) groups is 1. The summed E-state index contributed by atoms with van der Waals surface area (Å²) in [5, 5.41) is 9.63. The van der Waals surface area contributed by atoms with Gasteiger partial charge in [0.15, 0.2) is 11.0 Å². The van der Waals surface area contributed by atoms with Gasteiger partial charge in [-0.15, -0.1) is 21.5 Å². The van der Waals surface area contributed by atoms with E-state index < -0.39 is 0 Å². The molecule has 0 saturated heterocycles. The van der Waals surface area contributed by atoms with E-state index in [0.717, 1.165) is 33.7 Å². The van der Waals surface area contributed by atoms with Crippen LogP contribution < -0.4 is 0 Å². The fourth-order valence-electron chi connectivity index (χ4n) is 2.42. The van der Waals surface area contributed by atoms with Gasteiger partial charge in [0, 0.05) is 17.2 Å². The molecule has 0 amide bonds. The van der Waals surface area contributed by atoms with Crippen molar-refractivity contribution in [3.05, 3.63) is 52.4 Å². The fraction of sp³-hybridized carbons (Fsp3) is 0.278. The van der Waals surface area contributed by atoms with Crippen LogP contribution in [0.4, 0.5) is 0 Å². The molecule has 0 N–H and O–H groups in total. The number of esters is 1. The second kappa shape index (κ2) is 7.84. The highest BCUT2D eigenvalue weighted by Gasteiger charge is 2.14. The summed E-state index contributed by atoms with van der Waals surface area (Å²) in [5.41, 5.74) is 1.68. The highest BCUT2D eigenvalue weighted by molar-refractivity contribution is 7.98. The molecule has 0 aliphatic rings. The van der Waals surface area contributed by atoms with Crippen molar-refractivity contribution < 1.29 is 9.53 Å². The fourth-order valence-corrected chi connectivity index (χ4v) is 4.24. The van der Waals surface area contributed by atoms with Crippen LogP contribution in [0.25, 0.3) is 10.7 Å². The lowest BCUT2D eigenvalue weighted by molar-refractivity contribution is 0.0600. The maximum Gasteiger partial charge on any atom is 0.337 e. The monoisotopic (exact) mass is 373 g/mol. The van der Waals surface area contributed by atoms with Gasteiger partial charge in [-0.3, -0.25) is 0 Å². The summed E-state index contributed by atoms with van der Waals surface area (Å²) in [7, 11) is 1.39. The SMILES string of the molecule is CCn1c(SCc2ccc(C(=O)OC)cc2)nnc1-c1ccc(C)s1. The average molecular weight is 374 g/mol. The third kappa shape index (κ3) is 3.93. The molecule has 7 heteroatoms. The van der Waals surface area contributed by atoms with E-state index in [1.54, 1.807) is 35.2 Å². The number of hydrogen-bond acceptors (Lipinski definition) is 6. The van der Waals surface area contributed by atoms with Gasteiger partial charge in [0.2, 0.25) is 0 Å². The standard InChI is InChI=1S/C18H19N3O2S2/c1-4-21-16(15-10-5-12(2)25-15)19-20-18(21)24-11-13-6-8-14(9-7-13)17(22)23-3/h5-10H,4,11H2,1-3H3. The van der Waals surface area contributed by atoms with E-state index in [1.807, 2.05) is 12.1 Å². The van der Waals surface area contributed by atoms with Crippen LogP contribution in [-0.2, 0) is 17.0 Å². The smallest absolute Gasteiger partial charge is 0.337 e. The number of methoxy groups -OCH3 is 1. The van der Waals surface area contributed by atoms with Crippen LogP contribution >= 0.6 is 23.1 Å². The third-order valence-electron chi connectivity index (χ3n) is 3.74. The van der Waals surface area contributed by atoms with E-state index in [2.05, 4.69) is 40.7 Å². The van der Waals surface area contributed by atoms with Crippen molar-refractivity contribution in [1.82, 2.24) is 14.8 Å². The zero-order valence-corrected chi connectivity index (χ0v) is 16.0. The molecular formula is C18H19N3O2S2. The van der Waals surface area contributed by atoms with Crippen LogP contribution in [0.15, 0.2) is 41.6 Å². The van der Waals surface area contributed by atoms with Crippen molar-refractivity contribution in [3.8, 4) is 10.7 Å². The highest BCUT2D eigenvalue weighted by Crippen LogP contribution is 2.30. The second-order valence-electron chi connectivity index (χ2n) is 5.44. The van der Waals surface area contributed by atoms with Crippen LogP contribution in [-0.4, -0.2) is 27.8 Å². The Kier molecular flexibility index (Phi) is 5.55. The van der Waals surface area contributed by atoms with E-state index in [-0.39, 0.29) is 5.97 Å². The Hall–Kier alpha value is -2.12. The quantitative estimate of drug-likeness (QED) is 0.473. The van der Waals surface area contributed by atoms with E-state index in [0.29, 0.717) is 5.56 Å². The first-order valence-corrected chi connectivity index (χ1v) is 9.72. The molecule has 3 rings (SSSR count). The van der Waals surface area contributed by atoms with E-state index in [1.165, 1.54) is 12.0 Å². The van der Waals surface area contributed by atoms with Gasteiger partial charge >= 0.3 is 5.97 Å². The molecule has 0 saturated carbocycles. The zero-order chi connectivity index (χ0) is 17.8. The first kappa shape index (κ1) is 17.7. The minimum Gasteiger partial charge on any atom is -0.465 e. The van der Waals surface area contributed by atoms with Gasteiger partial charge in [0.05, 0.1) is 17.6 Å². The van der Waals surface area contributed by atoms with Crippen molar-refractivity contribution in [2.45, 2.75) is 31.3 Å². The lowest BCUT2D eigenvalue weighted by atomic mass is 10.1. The predicted molar refractivity (Wildman–Crippen MR) is 101 cm³/mol. The molecule has 0 unspecified atom stereocenters. The normalized spacial score (nSPS) is 10.8. The summed E-state index contributed by atoms with van der Waals surface area (Å²) in [6.45, 7) is 5.01. The van der Waals surface area contributed by atoms with Crippen molar-refractivity contribution >= 4 is 29.1 Å². The molecule has 1 aromatic carbocycles. The number of thiophene rings is 1. The summed E-state index contributed by atoms with van der Waals surface area (Å²) >= 11 is 3.37. The van der Waals surface area contributed by atoms with Crippen molar-refractivity contribution in [2.75, 3.05) is 7.11 Å². The summed E-state index contributed by atoms with van der Waals surface area (Å²) in [5.74, 6) is 1.37. The molecule has 0 aliphatic heterocycles. The second-order valence-corrected chi connectivity index (χ2v) is 7.67. The summed E-state index contributed by atoms with van der Waals surface area (Å²) in [6, 6.07) is 11.6. The van der Waals surface area contributed by atoms with Crippen LogP contribution in [0.3, 0.4) is 0 Å². The Balaban J connectivity index is 1.73. The largest absolute Gasteiger partial charge is 0.465 e. The Morgan fingerprint density at radius 3 is 2.56 bits per heavy atom. The van der Waals surface area contributed by atoms with Crippen LogP contribution in [0.5, 0.6) is 0 Å². The topological polar surface area (TPSA) is 57.0 Å².